The maximum Gasteiger partial charge on any atom is 0.329 e. The van der Waals surface area contributed by atoms with Gasteiger partial charge in [-0.1, -0.05) is 19.8 Å². The van der Waals surface area contributed by atoms with E-state index in [9.17, 15) is 9.90 Å². The van der Waals surface area contributed by atoms with E-state index in [1.165, 1.54) is 6.20 Å². The number of nitriles is 1. The van der Waals surface area contributed by atoms with Gasteiger partial charge >= 0.3 is 5.97 Å². The summed E-state index contributed by atoms with van der Waals surface area (Å²) >= 11 is 0. The van der Waals surface area contributed by atoms with Crippen molar-refractivity contribution in [2.24, 2.45) is 5.92 Å². The molecular formula is C14H17N3O2. The first-order valence-electron chi connectivity index (χ1n) is 6.44. The largest absolute Gasteiger partial charge is 0.480 e. The topological polar surface area (TPSA) is 86.0 Å². The van der Waals surface area contributed by atoms with Crippen LogP contribution in [0, 0.1) is 17.2 Å². The number of carboxylic acid groups (broad SMARTS) is 1. The van der Waals surface area contributed by atoms with E-state index < -0.39 is 11.5 Å². The van der Waals surface area contributed by atoms with Crippen molar-refractivity contribution in [3.8, 4) is 6.07 Å². The molecule has 0 saturated heterocycles. The average Bonchev–Trinajstić information content (AvgIpc) is 2.39. The molecule has 1 aliphatic carbocycles. The predicted molar refractivity (Wildman–Crippen MR) is 70.6 cm³/mol. The summed E-state index contributed by atoms with van der Waals surface area (Å²) in [6.07, 6.45) is 4.60. The molecule has 5 heteroatoms. The lowest BCUT2D eigenvalue weighted by Gasteiger charge is -2.37. The number of nitrogens with zero attached hydrogens (tertiary/aromatic N) is 2. The van der Waals surface area contributed by atoms with E-state index in [4.69, 9.17) is 5.26 Å². The summed E-state index contributed by atoms with van der Waals surface area (Å²) in [5.41, 5.74) is -0.241. The van der Waals surface area contributed by atoms with Gasteiger partial charge in [0.2, 0.25) is 0 Å². The molecule has 2 unspecified atom stereocenters. The fourth-order valence-corrected chi connectivity index (χ4v) is 2.77. The summed E-state index contributed by atoms with van der Waals surface area (Å²) in [6.45, 7) is 2.06. The molecule has 2 rings (SSSR count). The van der Waals surface area contributed by atoms with Gasteiger partial charge < -0.3 is 10.4 Å². The van der Waals surface area contributed by atoms with Crippen molar-refractivity contribution in [2.75, 3.05) is 5.32 Å². The second-order valence-electron chi connectivity index (χ2n) is 5.23. The van der Waals surface area contributed by atoms with E-state index in [-0.39, 0.29) is 5.69 Å². The van der Waals surface area contributed by atoms with E-state index in [2.05, 4.69) is 17.2 Å². The van der Waals surface area contributed by atoms with Crippen LogP contribution in [0.1, 0.15) is 38.3 Å². The molecule has 19 heavy (non-hydrogen) atoms. The number of nitrogens with one attached hydrogen (secondary N) is 1. The second kappa shape index (κ2) is 5.27. The standard InChI is InChI=1S/C14H17N3O2/c1-10-4-2-6-14(8-10,13(18)19)17-11-5-3-7-16-12(11)9-15/h3,5,7,10,17H,2,4,6,8H2,1H3,(H,18,19). The van der Waals surface area contributed by atoms with Crippen molar-refractivity contribution in [2.45, 2.75) is 38.1 Å². The summed E-state index contributed by atoms with van der Waals surface area (Å²) in [4.78, 5) is 15.6. The summed E-state index contributed by atoms with van der Waals surface area (Å²) in [6, 6.07) is 5.39. The smallest absolute Gasteiger partial charge is 0.329 e. The van der Waals surface area contributed by atoms with E-state index in [0.29, 0.717) is 24.4 Å². The van der Waals surface area contributed by atoms with Crippen molar-refractivity contribution in [3.63, 3.8) is 0 Å². The highest BCUT2D eigenvalue weighted by atomic mass is 16.4. The second-order valence-corrected chi connectivity index (χ2v) is 5.23. The number of hydrogen-bond donors (Lipinski definition) is 2. The van der Waals surface area contributed by atoms with Gasteiger partial charge in [0.05, 0.1) is 5.69 Å². The van der Waals surface area contributed by atoms with Gasteiger partial charge in [0, 0.05) is 6.20 Å². The third-order valence-electron chi connectivity index (χ3n) is 3.69. The molecule has 1 saturated carbocycles. The molecular weight excluding hydrogens is 242 g/mol. The Morgan fingerprint density at radius 3 is 3.11 bits per heavy atom. The monoisotopic (exact) mass is 259 g/mol. The molecule has 1 aliphatic rings. The highest BCUT2D eigenvalue weighted by molar-refractivity contribution is 5.83. The van der Waals surface area contributed by atoms with Crippen LogP contribution in [-0.2, 0) is 4.79 Å². The van der Waals surface area contributed by atoms with Crippen molar-refractivity contribution >= 4 is 11.7 Å². The molecule has 0 aromatic carbocycles. The van der Waals surface area contributed by atoms with Crippen LogP contribution < -0.4 is 5.32 Å². The molecule has 1 aromatic heterocycles. The number of carboxylic acids is 1. The predicted octanol–water partition coefficient (Wildman–Crippen LogP) is 2.40. The van der Waals surface area contributed by atoms with Crippen LogP contribution in [0.5, 0.6) is 0 Å². The Hall–Kier alpha value is -2.09. The molecule has 0 amide bonds. The quantitative estimate of drug-likeness (QED) is 0.870. The summed E-state index contributed by atoms with van der Waals surface area (Å²) < 4.78 is 0. The number of hydrogen-bond acceptors (Lipinski definition) is 4. The Bertz CT molecular complexity index is 524. The van der Waals surface area contributed by atoms with Gasteiger partial charge in [0.1, 0.15) is 11.6 Å². The normalized spacial score (nSPS) is 26.4. The molecule has 0 bridgehead atoms. The van der Waals surface area contributed by atoms with Gasteiger partial charge in [0.25, 0.3) is 0 Å². The fraction of sp³-hybridized carbons (Fsp3) is 0.500. The van der Waals surface area contributed by atoms with Crippen LogP contribution in [-0.4, -0.2) is 21.6 Å². The van der Waals surface area contributed by atoms with Crippen LogP contribution in [0.4, 0.5) is 5.69 Å². The lowest BCUT2D eigenvalue weighted by Crippen LogP contribution is -2.49. The number of aromatic nitrogens is 1. The van der Waals surface area contributed by atoms with Gasteiger partial charge in [-0.3, -0.25) is 0 Å². The molecule has 5 nitrogen and oxygen atoms in total. The third kappa shape index (κ3) is 2.68. The number of carbonyl (C=O) groups is 1. The molecule has 1 heterocycles. The van der Waals surface area contributed by atoms with Crippen molar-refractivity contribution in [3.05, 3.63) is 24.0 Å². The average molecular weight is 259 g/mol. The molecule has 100 valence electrons. The molecule has 1 aromatic rings. The summed E-state index contributed by atoms with van der Waals surface area (Å²) in [5, 5.41) is 21.6. The minimum absolute atomic E-state index is 0.237. The molecule has 1 fully saturated rings. The zero-order chi connectivity index (χ0) is 13.9. The summed E-state index contributed by atoms with van der Waals surface area (Å²) in [5.74, 6) is -0.494. The van der Waals surface area contributed by atoms with Gasteiger partial charge in [-0.15, -0.1) is 0 Å². The van der Waals surface area contributed by atoms with Crippen molar-refractivity contribution < 1.29 is 9.90 Å². The Morgan fingerprint density at radius 1 is 1.68 bits per heavy atom. The molecule has 0 radical (unpaired) electrons. The fourth-order valence-electron chi connectivity index (χ4n) is 2.77. The van der Waals surface area contributed by atoms with Crippen LogP contribution in [0.15, 0.2) is 18.3 Å². The lowest BCUT2D eigenvalue weighted by atomic mass is 9.76. The summed E-state index contributed by atoms with van der Waals surface area (Å²) in [7, 11) is 0. The first-order chi connectivity index (χ1) is 9.07. The van der Waals surface area contributed by atoms with Crippen LogP contribution in [0.3, 0.4) is 0 Å². The zero-order valence-electron chi connectivity index (χ0n) is 10.9. The van der Waals surface area contributed by atoms with Gasteiger partial charge in [-0.05, 0) is 30.9 Å². The van der Waals surface area contributed by atoms with E-state index in [0.717, 1.165) is 12.8 Å². The molecule has 0 aliphatic heterocycles. The first kappa shape index (κ1) is 13.3. The Kier molecular flexibility index (Phi) is 3.70. The Morgan fingerprint density at radius 2 is 2.47 bits per heavy atom. The minimum atomic E-state index is -0.980. The Labute approximate surface area is 112 Å². The van der Waals surface area contributed by atoms with Crippen molar-refractivity contribution in [1.82, 2.24) is 4.98 Å². The first-order valence-corrected chi connectivity index (χ1v) is 6.44. The zero-order valence-corrected chi connectivity index (χ0v) is 10.9. The SMILES string of the molecule is CC1CCCC(Nc2cccnc2C#N)(C(=O)O)C1. The number of rotatable bonds is 3. The maximum atomic E-state index is 11.7. The van der Waals surface area contributed by atoms with E-state index >= 15 is 0 Å². The number of pyridine rings is 1. The van der Waals surface area contributed by atoms with Crippen molar-refractivity contribution in [1.29, 1.82) is 5.26 Å². The molecule has 2 N–H and O–H groups in total. The third-order valence-corrected chi connectivity index (χ3v) is 3.69. The molecule has 0 spiro atoms. The minimum Gasteiger partial charge on any atom is -0.480 e. The number of anilines is 1. The van der Waals surface area contributed by atoms with E-state index in [1.54, 1.807) is 12.1 Å². The lowest BCUT2D eigenvalue weighted by molar-refractivity contribution is -0.144. The highest BCUT2D eigenvalue weighted by Gasteiger charge is 2.42. The maximum absolute atomic E-state index is 11.7. The van der Waals surface area contributed by atoms with Crippen LogP contribution >= 0.6 is 0 Å². The van der Waals surface area contributed by atoms with E-state index in [1.807, 2.05) is 6.07 Å². The van der Waals surface area contributed by atoms with Gasteiger partial charge in [-0.25, -0.2) is 9.78 Å². The molecule has 2 atom stereocenters. The van der Waals surface area contributed by atoms with Crippen LogP contribution in [0.2, 0.25) is 0 Å². The number of aliphatic carboxylic acids is 1. The van der Waals surface area contributed by atoms with Gasteiger partial charge in [-0.2, -0.15) is 5.26 Å². The van der Waals surface area contributed by atoms with Crippen LogP contribution in [0.25, 0.3) is 0 Å². The Balaban J connectivity index is 2.31. The highest BCUT2D eigenvalue weighted by Crippen LogP contribution is 2.35. The van der Waals surface area contributed by atoms with Gasteiger partial charge in [0.15, 0.2) is 5.69 Å².